The van der Waals surface area contributed by atoms with Crippen LogP contribution in [0.3, 0.4) is 0 Å². The number of nitrogen functional groups attached to an aromatic ring is 1. The van der Waals surface area contributed by atoms with E-state index < -0.39 is 0 Å². The highest BCUT2D eigenvalue weighted by atomic mass is 32.1. The van der Waals surface area contributed by atoms with E-state index in [-0.39, 0.29) is 5.91 Å². The van der Waals surface area contributed by atoms with Gasteiger partial charge in [0.15, 0.2) is 5.13 Å². The molecule has 1 amide bonds. The Bertz CT molecular complexity index is 581. The number of hydrogen-bond donors (Lipinski definition) is 2. The molecule has 1 aliphatic carbocycles. The van der Waals surface area contributed by atoms with Gasteiger partial charge in [-0.05, 0) is 30.9 Å². The van der Waals surface area contributed by atoms with Crippen LogP contribution < -0.4 is 11.1 Å². The van der Waals surface area contributed by atoms with Gasteiger partial charge in [0.05, 0.1) is 18.7 Å². The molecule has 1 aliphatic rings. The quantitative estimate of drug-likeness (QED) is 0.907. The van der Waals surface area contributed by atoms with Crippen molar-refractivity contribution in [2.45, 2.75) is 32.2 Å². The number of aryl methyl sites for hydroxylation is 2. The second kappa shape index (κ2) is 5.30. The van der Waals surface area contributed by atoms with Gasteiger partial charge in [-0.25, -0.2) is 4.98 Å². The van der Waals surface area contributed by atoms with Crippen LogP contribution >= 0.6 is 22.7 Å². The highest BCUT2D eigenvalue weighted by molar-refractivity contribution is 7.13. The summed E-state index contributed by atoms with van der Waals surface area (Å²) in [6.07, 6.45) is 3.97. The Labute approximate surface area is 119 Å². The maximum Gasteiger partial charge on any atom is 0.226 e. The van der Waals surface area contributed by atoms with Crippen molar-refractivity contribution < 1.29 is 4.79 Å². The zero-order valence-corrected chi connectivity index (χ0v) is 12.1. The van der Waals surface area contributed by atoms with Crippen molar-refractivity contribution in [1.29, 1.82) is 0 Å². The number of nitrogens with zero attached hydrogens (tertiary/aromatic N) is 1. The molecular weight excluding hydrogens is 278 g/mol. The predicted molar refractivity (Wildman–Crippen MR) is 78.4 cm³/mol. The normalized spacial score (nSPS) is 13.5. The Kier molecular flexibility index (Phi) is 3.52. The molecule has 0 aliphatic heterocycles. The van der Waals surface area contributed by atoms with Crippen molar-refractivity contribution in [2.75, 3.05) is 5.73 Å². The number of thiazole rings is 1. The van der Waals surface area contributed by atoms with Crippen LogP contribution in [0.25, 0.3) is 0 Å². The summed E-state index contributed by atoms with van der Waals surface area (Å²) in [7, 11) is 0. The number of amides is 1. The topological polar surface area (TPSA) is 68.0 Å². The molecule has 3 N–H and O–H groups in total. The number of rotatable bonds is 4. The van der Waals surface area contributed by atoms with Crippen LogP contribution in [0, 0.1) is 0 Å². The molecule has 2 aromatic rings. The van der Waals surface area contributed by atoms with Crippen molar-refractivity contribution in [3.8, 4) is 0 Å². The molecule has 0 radical (unpaired) electrons. The van der Waals surface area contributed by atoms with Gasteiger partial charge in [-0.3, -0.25) is 4.79 Å². The van der Waals surface area contributed by atoms with Crippen LogP contribution in [0.1, 0.15) is 27.4 Å². The molecule has 0 saturated carbocycles. The third-order valence-corrected chi connectivity index (χ3v) is 5.13. The van der Waals surface area contributed by atoms with E-state index in [4.69, 9.17) is 5.73 Å². The molecule has 0 saturated heterocycles. The van der Waals surface area contributed by atoms with Gasteiger partial charge in [-0.15, -0.1) is 22.7 Å². The first kappa shape index (κ1) is 12.6. The van der Waals surface area contributed by atoms with Crippen molar-refractivity contribution in [2.24, 2.45) is 0 Å². The molecule has 2 aromatic heterocycles. The summed E-state index contributed by atoms with van der Waals surface area (Å²) in [6, 6.07) is 2.23. The van der Waals surface area contributed by atoms with E-state index in [1.54, 1.807) is 0 Å². The number of hydrogen-bond acceptors (Lipinski definition) is 5. The lowest BCUT2D eigenvalue weighted by Crippen LogP contribution is -2.24. The van der Waals surface area contributed by atoms with E-state index >= 15 is 0 Å². The number of carbonyl (C=O) groups excluding carboxylic acids is 1. The van der Waals surface area contributed by atoms with E-state index in [2.05, 4.69) is 16.4 Å². The molecule has 4 nitrogen and oxygen atoms in total. The van der Waals surface area contributed by atoms with Gasteiger partial charge in [0.2, 0.25) is 5.91 Å². The van der Waals surface area contributed by atoms with Crippen molar-refractivity contribution in [3.05, 3.63) is 32.5 Å². The van der Waals surface area contributed by atoms with Crippen molar-refractivity contribution in [3.63, 3.8) is 0 Å². The Morgan fingerprint density at radius 3 is 3.11 bits per heavy atom. The molecule has 0 atom stereocenters. The van der Waals surface area contributed by atoms with Crippen molar-refractivity contribution >= 4 is 33.7 Å². The molecule has 3 rings (SSSR count). The smallest absolute Gasteiger partial charge is 0.226 e. The number of anilines is 1. The first-order chi connectivity index (χ1) is 9.20. The Morgan fingerprint density at radius 2 is 2.37 bits per heavy atom. The number of fused-ring (bicyclic) bond motifs is 1. The summed E-state index contributed by atoms with van der Waals surface area (Å²) in [5.41, 5.74) is 7.76. The summed E-state index contributed by atoms with van der Waals surface area (Å²) in [4.78, 5) is 18.6. The highest BCUT2D eigenvalue weighted by Gasteiger charge is 2.15. The maximum atomic E-state index is 11.8. The van der Waals surface area contributed by atoms with Crippen LogP contribution in [0.15, 0.2) is 11.4 Å². The molecular formula is C13H15N3OS2. The molecule has 0 fully saturated rings. The fraction of sp³-hybridized carbons (Fsp3) is 0.385. The molecule has 2 heterocycles. The van der Waals surface area contributed by atoms with Gasteiger partial charge >= 0.3 is 0 Å². The van der Waals surface area contributed by atoms with Gasteiger partial charge < -0.3 is 11.1 Å². The molecule has 100 valence electrons. The average Bonchev–Trinajstić information content (AvgIpc) is 3.02. The van der Waals surface area contributed by atoms with E-state index in [1.807, 2.05) is 16.7 Å². The van der Waals surface area contributed by atoms with Crippen LogP contribution in [-0.4, -0.2) is 10.9 Å². The maximum absolute atomic E-state index is 11.8. The van der Waals surface area contributed by atoms with Gasteiger partial charge in [0.1, 0.15) is 0 Å². The van der Waals surface area contributed by atoms with Crippen LogP contribution in [0.2, 0.25) is 0 Å². The number of nitrogens with one attached hydrogen (secondary N) is 1. The number of nitrogens with two attached hydrogens (primary N) is 1. The third kappa shape index (κ3) is 2.96. The molecule has 19 heavy (non-hydrogen) atoms. The molecule has 6 heteroatoms. The first-order valence-corrected chi connectivity index (χ1v) is 7.97. The van der Waals surface area contributed by atoms with E-state index in [0.29, 0.717) is 18.1 Å². The lowest BCUT2D eigenvalue weighted by molar-refractivity contribution is -0.120. The minimum atomic E-state index is -0.00106. The van der Waals surface area contributed by atoms with Crippen molar-refractivity contribution in [1.82, 2.24) is 10.3 Å². The highest BCUT2D eigenvalue weighted by Crippen LogP contribution is 2.30. The molecule has 0 aromatic carbocycles. The number of aromatic nitrogens is 1. The van der Waals surface area contributed by atoms with Crippen LogP contribution in [-0.2, 0) is 30.6 Å². The predicted octanol–water partition coefficient (Wildman–Crippen LogP) is 2.13. The SMILES string of the molecule is Nc1nc(CC(=O)NCc2cc3c(s2)CCC3)cs1. The summed E-state index contributed by atoms with van der Waals surface area (Å²) in [6.45, 7) is 0.621. The van der Waals surface area contributed by atoms with Gasteiger partial charge in [0.25, 0.3) is 0 Å². The molecule has 0 spiro atoms. The van der Waals surface area contributed by atoms with Crippen LogP contribution in [0.4, 0.5) is 5.13 Å². The number of thiophene rings is 1. The minimum absolute atomic E-state index is 0.00106. The van der Waals surface area contributed by atoms with Gasteiger partial charge in [-0.2, -0.15) is 0 Å². The van der Waals surface area contributed by atoms with Crippen LogP contribution in [0.5, 0.6) is 0 Å². The molecule has 0 bridgehead atoms. The van der Waals surface area contributed by atoms with E-state index in [0.717, 1.165) is 5.69 Å². The number of carbonyl (C=O) groups is 1. The summed E-state index contributed by atoms with van der Waals surface area (Å²) < 4.78 is 0. The third-order valence-electron chi connectivity index (χ3n) is 3.17. The Balaban J connectivity index is 1.52. The molecule has 0 unspecified atom stereocenters. The van der Waals surface area contributed by atoms with Gasteiger partial charge in [-0.1, -0.05) is 0 Å². The summed E-state index contributed by atoms with van der Waals surface area (Å²) >= 11 is 3.19. The monoisotopic (exact) mass is 293 g/mol. The zero-order valence-electron chi connectivity index (χ0n) is 10.4. The average molecular weight is 293 g/mol. The summed E-state index contributed by atoms with van der Waals surface area (Å²) in [5, 5.41) is 5.28. The Hall–Kier alpha value is -1.40. The fourth-order valence-corrected chi connectivity index (χ4v) is 4.06. The fourth-order valence-electron chi connectivity index (χ4n) is 2.29. The second-order valence-electron chi connectivity index (χ2n) is 4.65. The van der Waals surface area contributed by atoms with E-state index in [1.165, 1.54) is 45.9 Å². The second-order valence-corrected chi connectivity index (χ2v) is 6.76. The lowest BCUT2D eigenvalue weighted by Gasteiger charge is -2.02. The minimum Gasteiger partial charge on any atom is -0.375 e. The lowest BCUT2D eigenvalue weighted by atomic mass is 10.2. The Morgan fingerprint density at radius 1 is 1.47 bits per heavy atom. The van der Waals surface area contributed by atoms with E-state index in [9.17, 15) is 4.79 Å². The zero-order chi connectivity index (χ0) is 13.2. The largest absolute Gasteiger partial charge is 0.375 e. The first-order valence-electron chi connectivity index (χ1n) is 6.28. The van der Waals surface area contributed by atoms with Gasteiger partial charge in [0, 0.05) is 15.1 Å². The summed E-state index contributed by atoms with van der Waals surface area (Å²) in [5.74, 6) is -0.00106. The standard InChI is InChI=1S/C13H15N3OS2/c14-13-16-9(7-18-13)5-12(17)15-6-10-4-8-2-1-3-11(8)19-10/h4,7H,1-3,5-6H2,(H2,14,16)(H,15,17).